The molecular weight excluding hydrogens is 262 g/mol. The molecule has 0 aliphatic carbocycles. The van der Waals surface area contributed by atoms with Crippen molar-refractivity contribution in [1.29, 1.82) is 0 Å². The van der Waals surface area contributed by atoms with Crippen LogP contribution in [0.4, 0.5) is 11.4 Å². The number of benzene rings is 2. The summed E-state index contributed by atoms with van der Waals surface area (Å²) in [7, 11) is 2.03. The van der Waals surface area contributed by atoms with Crippen molar-refractivity contribution in [1.82, 2.24) is 4.98 Å². The maximum atomic E-state index is 5.75. The van der Waals surface area contributed by atoms with Gasteiger partial charge in [0.15, 0.2) is 5.58 Å². The molecule has 0 saturated heterocycles. The van der Waals surface area contributed by atoms with Gasteiger partial charge in [0.2, 0.25) is 5.89 Å². The van der Waals surface area contributed by atoms with Crippen LogP contribution in [-0.2, 0) is 13.0 Å². The normalized spacial score (nSPS) is 11.0. The molecular formula is C17H19N3O. The van der Waals surface area contributed by atoms with Gasteiger partial charge in [0.25, 0.3) is 0 Å². The second-order valence-corrected chi connectivity index (χ2v) is 5.21. The Bertz CT molecular complexity index is 746. The van der Waals surface area contributed by atoms with Gasteiger partial charge < -0.3 is 15.1 Å². The Morgan fingerprint density at radius 1 is 1.14 bits per heavy atom. The molecule has 4 heteroatoms. The number of rotatable bonds is 4. The summed E-state index contributed by atoms with van der Waals surface area (Å²) in [6, 6.07) is 14.1. The number of hydrogen-bond donors (Lipinski definition) is 1. The molecule has 0 saturated carbocycles. The van der Waals surface area contributed by atoms with E-state index in [1.54, 1.807) is 0 Å². The summed E-state index contributed by atoms with van der Waals surface area (Å²) < 4.78 is 5.75. The van der Waals surface area contributed by atoms with Crippen LogP contribution in [-0.4, -0.2) is 12.0 Å². The van der Waals surface area contributed by atoms with E-state index < -0.39 is 0 Å². The third kappa shape index (κ3) is 2.84. The summed E-state index contributed by atoms with van der Waals surface area (Å²) in [5.74, 6) is 0.692. The lowest BCUT2D eigenvalue weighted by molar-refractivity contribution is 0.527. The second kappa shape index (κ2) is 5.48. The topological polar surface area (TPSA) is 55.3 Å². The van der Waals surface area contributed by atoms with Gasteiger partial charge in [-0.15, -0.1) is 0 Å². The third-order valence-electron chi connectivity index (χ3n) is 3.61. The first-order chi connectivity index (χ1) is 10.2. The number of hydrogen-bond acceptors (Lipinski definition) is 4. The van der Waals surface area contributed by atoms with Crippen LogP contribution in [0.3, 0.4) is 0 Å². The van der Waals surface area contributed by atoms with E-state index in [4.69, 9.17) is 10.2 Å². The van der Waals surface area contributed by atoms with Crippen LogP contribution in [0.1, 0.15) is 18.4 Å². The highest BCUT2D eigenvalue weighted by molar-refractivity contribution is 5.76. The number of anilines is 2. The summed E-state index contributed by atoms with van der Waals surface area (Å²) in [5, 5.41) is 0. The maximum Gasteiger partial charge on any atom is 0.215 e. The SMILES string of the molecule is CCc1ccc(N(C)Cc2nc3ccc(N)cc3o2)cc1. The Labute approximate surface area is 124 Å². The monoisotopic (exact) mass is 281 g/mol. The van der Waals surface area contributed by atoms with Crippen molar-refractivity contribution in [2.75, 3.05) is 17.7 Å². The van der Waals surface area contributed by atoms with Crippen LogP contribution >= 0.6 is 0 Å². The molecule has 0 aliphatic heterocycles. The van der Waals surface area contributed by atoms with Gasteiger partial charge >= 0.3 is 0 Å². The fourth-order valence-electron chi connectivity index (χ4n) is 2.34. The van der Waals surface area contributed by atoms with Crippen molar-refractivity contribution in [3.8, 4) is 0 Å². The fourth-order valence-corrected chi connectivity index (χ4v) is 2.34. The van der Waals surface area contributed by atoms with Crippen molar-refractivity contribution in [2.24, 2.45) is 0 Å². The molecule has 0 radical (unpaired) electrons. The average molecular weight is 281 g/mol. The highest BCUT2D eigenvalue weighted by Gasteiger charge is 2.09. The summed E-state index contributed by atoms with van der Waals surface area (Å²) >= 11 is 0. The van der Waals surface area contributed by atoms with Crippen LogP contribution in [0.5, 0.6) is 0 Å². The van der Waals surface area contributed by atoms with Crippen molar-refractivity contribution in [2.45, 2.75) is 19.9 Å². The zero-order valence-electron chi connectivity index (χ0n) is 12.3. The zero-order valence-corrected chi connectivity index (χ0v) is 12.3. The highest BCUT2D eigenvalue weighted by Crippen LogP contribution is 2.21. The van der Waals surface area contributed by atoms with Gasteiger partial charge in [-0.1, -0.05) is 19.1 Å². The Balaban J connectivity index is 1.79. The van der Waals surface area contributed by atoms with Crippen molar-refractivity contribution in [3.63, 3.8) is 0 Å². The molecule has 0 atom stereocenters. The predicted molar refractivity (Wildman–Crippen MR) is 86.3 cm³/mol. The first-order valence-electron chi connectivity index (χ1n) is 7.10. The molecule has 2 N–H and O–H groups in total. The molecule has 21 heavy (non-hydrogen) atoms. The van der Waals surface area contributed by atoms with Crippen molar-refractivity contribution < 1.29 is 4.42 Å². The molecule has 1 heterocycles. The Morgan fingerprint density at radius 3 is 2.62 bits per heavy atom. The summed E-state index contributed by atoms with van der Waals surface area (Å²) in [6.45, 7) is 2.78. The number of nitrogens with zero attached hydrogens (tertiary/aromatic N) is 2. The number of nitrogens with two attached hydrogens (primary N) is 1. The van der Waals surface area contributed by atoms with Gasteiger partial charge in [-0.25, -0.2) is 4.98 Å². The molecule has 0 spiro atoms. The van der Waals surface area contributed by atoms with E-state index in [1.165, 1.54) is 5.56 Å². The van der Waals surface area contributed by atoms with Gasteiger partial charge in [0.05, 0.1) is 6.54 Å². The molecule has 2 aromatic carbocycles. The van der Waals surface area contributed by atoms with E-state index in [9.17, 15) is 0 Å². The molecule has 1 aromatic heterocycles. The number of aryl methyl sites for hydroxylation is 1. The number of fused-ring (bicyclic) bond motifs is 1. The van der Waals surface area contributed by atoms with E-state index in [2.05, 4.69) is 41.1 Å². The van der Waals surface area contributed by atoms with Gasteiger partial charge in [-0.05, 0) is 36.2 Å². The van der Waals surface area contributed by atoms with E-state index in [-0.39, 0.29) is 0 Å². The maximum absolute atomic E-state index is 5.75. The molecule has 108 valence electrons. The smallest absolute Gasteiger partial charge is 0.215 e. The summed E-state index contributed by atoms with van der Waals surface area (Å²) in [6.07, 6.45) is 1.05. The average Bonchev–Trinajstić information content (AvgIpc) is 2.88. The quantitative estimate of drug-likeness (QED) is 0.742. The summed E-state index contributed by atoms with van der Waals surface area (Å²) in [5.41, 5.74) is 10.5. The molecule has 0 aliphatic rings. The van der Waals surface area contributed by atoms with Crippen LogP contribution < -0.4 is 10.6 Å². The van der Waals surface area contributed by atoms with Gasteiger partial charge in [-0.3, -0.25) is 0 Å². The van der Waals surface area contributed by atoms with E-state index >= 15 is 0 Å². The Morgan fingerprint density at radius 2 is 1.90 bits per heavy atom. The first-order valence-corrected chi connectivity index (χ1v) is 7.10. The van der Waals surface area contributed by atoms with Crippen LogP contribution in [0, 0.1) is 0 Å². The molecule has 0 fully saturated rings. The highest BCUT2D eigenvalue weighted by atomic mass is 16.3. The minimum Gasteiger partial charge on any atom is -0.439 e. The minimum absolute atomic E-state index is 0.625. The Kier molecular flexibility index (Phi) is 3.52. The molecule has 4 nitrogen and oxygen atoms in total. The fraction of sp³-hybridized carbons (Fsp3) is 0.235. The predicted octanol–water partition coefficient (Wildman–Crippen LogP) is 3.61. The lowest BCUT2D eigenvalue weighted by atomic mass is 10.1. The third-order valence-corrected chi connectivity index (χ3v) is 3.61. The second-order valence-electron chi connectivity index (χ2n) is 5.21. The standard InChI is InChI=1S/C17H19N3O/c1-3-12-4-7-14(8-5-12)20(2)11-17-19-15-9-6-13(18)10-16(15)21-17/h4-10H,3,11,18H2,1-2H3. The zero-order chi connectivity index (χ0) is 14.8. The largest absolute Gasteiger partial charge is 0.439 e. The van der Waals surface area contributed by atoms with Gasteiger partial charge in [0, 0.05) is 24.5 Å². The lowest BCUT2D eigenvalue weighted by Gasteiger charge is -2.17. The first kappa shape index (κ1) is 13.5. The lowest BCUT2D eigenvalue weighted by Crippen LogP contribution is -2.16. The van der Waals surface area contributed by atoms with Gasteiger partial charge in [0.1, 0.15) is 5.52 Å². The molecule has 0 unspecified atom stereocenters. The van der Waals surface area contributed by atoms with E-state index in [0.29, 0.717) is 18.1 Å². The van der Waals surface area contributed by atoms with Crippen molar-refractivity contribution >= 4 is 22.5 Å². The molecule has 3 rings (SSSR count). The number of nitrogen functional groups attached to an aromatic ring is 1. The van der Waals surface area contributed by atoms with Gasteiger partial charge in [-0.2, -0.15) is 0 Å². The minimum atomic E-state index is 0.625. The van der Waals surface area contributed by atoms with Crippen LogP contribution in [0.2, 0.25) is 0 Å². The van der Waals surface area contributed by atoms with Crippen LogP contribution in [0.15, 0.2) is 46.9 Å². The molecule has 0 amide bonds. The van der Waals surface area contributed by atoms with E-state index in [0.717, 1.165) is 23.2 Å². The Hall–Kier alpha value is -2.49. The summed E-state index contributed by atoms with van der Waals surface area (Å²) in [4.78, 5) is 6.61. The van der Waals surface area contributed by atoms with E-state index in [1.807, 2.05) is 25.2 Å². The van der Waals surface area contributed by atoms with Crippen LogP contribution in [0.25, 0.3) is 11.1 Å². The number of oxazole rings is 1. The van der Waals surface area contributed by atoms with Crippen molar-refractivity contribution in [3.05, 3.63) is 53.9 Å². The molecule has 0 bridgehead atoms. The number of aromatic nitrogens is 1. The molecule has 3 aromatic rings.